The zero-order valence-electron chi connectivity index (χ0n) is 11.1. The fourth-order valence-electron chi connectivity index (χ4n) is 1.76. The number of hydrogen-bond acceptors (Lipinski definition) is 4. The molecule has 0 amide bonds. The summed E-state index contributed by atoms with van der Waals surface area (Å²) in [4.78, 5) is 28.3. The van der Waals surface area contributed by atoms with Gasteiger partial charge in [-0.1, -0.05) is 0 Å². The molecular weight excluding hydrogens is 260 g/mol. The second kappa shape index (κ2) is 5.56. The van der Waals surface area contributed by atoms with E-state index in [-0.39, 0.29) is 17.4 Å². The third-order valence-corrected chi connectivity index (χ3v) is 2.56. The van der Waals surface area contributed by atoms with Gasteiger partial charge in [-0.05, 0) is 43.7 Å². The van der Waals surface area contributed by atoms with Crippen LogP contribution in [0.25, 0.3) is 11.3 Å². The number of aromatic carboxylic acids is 1. The molecule has 0 fully saturated rings. The number of nitrogens with one attached hydrogen (secondary N) is 1. The number of H-pyrrole nitrogens is 1. The van der Waals surface area contributed by atoms with Crippen LogP contribution in [0.2, 0.25) is 0 Å². The fourth-order valence-corrected chi connectivity index (χ4v) is 1.76. The highest BCUT2D eigenvalue weighted by Crippen LogP contribution is 2.23. The minimum Gasteiger partial charge on any atom is -0.491 e. The highest BCUT2D eigenvalue weighted by Gasteiger charge is 2.13. The molecule has 1 heterocycles. The first-order valence-electron chi connectivity index (χ1n) is 6.07. The minimum absolute atomic E-state index is 0.0520. The molecule has 2 N–H and O–H groups in total. The number of benzene rings is 1. The maximum atomic E-state index is 11.3. The number of carboxylic acid groups (broad SMARTS) is 1. The van der Waals surface area contributed by atoms with E-state index in [1.807, 2.05) is 13.8 Å². The molecule has 0 saturated heterocycles. The Hall–Kier alpha value is -2.63. The number of rotatable bonds is 4. The van der Waals surface area contributed by atoms with E-state index in [0.717, 1.165) is 6.20 Å². The van der Waals surface area contributed by atoms with E-state index in [4.69, 9.17) is 9.84 Å². The van der Waals surface area contributed by atoms with Crippen LogP contribution in [-0.2, 0) is 0 Å². The van der Waals surface area contributed by atoms with Crippen molar-refractivity contribution in [2.24, 2.45) is 0 Å². The van der Waals surface area contributed by atoms with Crippen LogP contribution < -0.4 is 10.4 Å². The van der Waals surface area contributed by atoms with Gasteiger partial charge in [-0.3, -0.25) is 0 Å². The molecule has 2 rings (SSSR count). The summed E-state index contributed by atoms with van der Waals surface area (Å²) in [5.41, 5.74) is 0.168. The molecule has 0 radical (unpaired) electrons. The van der Waals surface area contributed by atoms with Gasteiger partial charge < -0.3 is 14.8 Å². The maximum absolute atomic E-state index is 11.3. The van der Waals surface area contributed by atoms with Crippen LogP contribution in [0, 0.1) is 0 Å². The van der Waals surface area contributed by atoms with Gasteiger partial charge in [0.25, 0.3) is 0 Å². The van der Waals surface area contributed by atoms with Crippen LogP contribution in [0.15, 0.2) is 35.3 Å². The normalized spacial score (nSPS) is 10.6. The SMILES string of the molecule is CC(C)Oc1ccc(-c2[nH]c(=O)ncc2C(=O)O)cc1. The summed E-state index contributed by atoms with van der Waals surface area (Å²) in [5.74, 6) is -0.469. The smallest absolute Gasteiger partial charge is 0.345 e. The molecule has 0 aliphatic heterocycles. The number of hydrogen-bond donors (Lipinski definition) is 2. The average Bonchev–Trinajstić information content (AvgIpc) is 2.38. The highest BCUT2D eigenvalue weighted by molar-refractivity contribution is 5.94. The van der Waals surface area contributed by atoms with Crippen LogP contribution >= 0.6 is 0 Å². The lowest BCUT2D eigenvalue weighted by atomic mass is 10.1. The second-order valence-corrected chi connectivity index (χ2v) is 4.47. The van der Waals surface area contributed by atoms with E-state index < -0.39 is 11.7 Å². The summed E-state index contributed by atoms with van der Waals surface area (Å²) < 4.78 is 5.51. The number of nitrogens with zero attached hydrogens (tertiary/aromatic N) is 1. The van der Waals surface area contributed by atoms with E-state index in [9.17, 15) is 9.59 Å². The molecule has 0 bridgehead atoms. The van der Waals surface area contributed by atoms with Crippen molar-refractivity contribution in [2.45, 2.75) is 20.0 Å². The van der Waals surface area contributed by atoms with Gasteiger partial charge in [-0.15, -0.1) is 0 Å². The summed E-state index contributed by atoms with van der Waals surface area (Å²) in [5, 5.41) is 9.10. The fraction of sp³-hybridized carbons (Fsp3) is 0.214. The lowest BCUT2D eigenvalue weighted by Crippen LogP contribution is -2.15. The molecule has 20 heavy (non-hydrogen) atoms. The number of aromatic amines is 1. The van der Waals surface area contributed by atoms with Crippen molar-refractivity contribution in [3.05, 3.63) is 46.5 Å². The number of aromatic nitrogens is 2. The first-order valence-corrected chi connectivity index (χ1v) is 6.07. The maximum Gasteiger partial charge on any atom is 0.345 e. The molecule has 0 atom stereocenters. The average molecular weight is 274 g/mol. The van der Waals surface area contributed by atoms with Crippen LogP contribution in [0.1, 0.15) is 24.2 Å². The van der Waals surface area contributed by atoms with Crippen molar-refractivity contribution in [2.75, 3.05) is 0 Å². The molecule has 104 valence electrons. The van der Waals surface area contributed by atoms with E-state index in [2.05, 4.69) is 9.97 Å². The van der Waals surface area contributed by atoms with Gasteiger partial charge >= 0.3 is 11.7 Å². The zero-order valence-corrected chi connectivity index (χ0v) is 11.1. The Kier molecular flexibility index (Phi) is 3.84. The summed E-state index contributed by atoms with van der Waals surface area (Å²) in [7, 11) is 0. The van der Waals surface area contributed by atoms with E-state index in [1.165, 1.54) is 0 Å². The third-order valence-electron chi connectivity index (χ3n) is 2.56. The summed E-state index contributed by atoms with van der Waals surface area (Å²) in [6.07, 6.45) is 1.10. The van der Waals surface area contributed by atoms with Crippen LogP contribution in [0.4, 0.5) is 0 Å². The molecule has 1 aromatic carbocycles. The third kappa shape index (κ3) is 3.03. The van der Waals surface area contributed by atoms with Crippen molar-refractivity contribution in [3.8, 4) is 17.0 Å². The first-order chi connectivity index (χ1) is 9.47. The van der Waals surface area contributed by atoms with Crippen molar-refractivity contribution in [3.63, 3.8) is 0 Å². The van der Waals surface area contributed by atoms with Crippen molar-refractivity contribution < 1.29 is 14.6 Å². The molecule has 0 unspecified atom stereocenters. The topological polar surface area (TPSA) is 92.3 Å². The molecule has 0 aliphatic carbocycles. The minimum atomic E-state index is -1.15. The molecule has 2 aromatic rings. The number of ether oxygens (including phenoxy) is 1. The molecule has 0 saturated carbocycles. The summed E-state index contributed by atoms with van der Waals surface area (Å²) in [6.45, 7) is 3.83. The van der Waals surface area contributed by atoms with E-state index >= 15 is 0 Å². The Balaban J connectivity index is 2.43. The number of carboxylic acids is 1. The van der Waals surface area contributed by atoms with Gasteiger partial charge in [0, 0.05) is 6.20 Å². The lowest BCUT2D eigenvalue weighted by Gasteiger charge is -2.10. The van der Waals surface area contributed by atoms with Crippen LogP contribution in [0.3, 0.4) is 0 Å². The van der Waals surface area contributed by atoms with Gasteiger partial charge in [-0.2, -0.15) is 0 Å². The van der Waals surface area contributed by atoms with Crippen molar-refractivity contribution in [1.82, 2.24) is 9.97 Å². The molecule has 6 nitrogen and oxygen atoms in total. The quantitative estimate of drug-likeness (QED) is 0.888. The summed E-state index contributed by atoms with van der Waals surface area (Å²) >= 11 is 0. The van der Waals surface area contributed by atoms with E-state index in [1.54, 1.807) is 24.3 Å². The molecule has 1 aromatic heterocycles. The zero-order chi connectivity index (χ0) is 14.7. The van der Waals surface area contributed by atoms with Gasteiger partial charge in [0.15, 0.2) is 0 Å². The number of carbonyl (C=O) groups is 1. The van der Waals surface area contributed by atoms with Crippen molar-refractivity contribution >= 4 is 5.97 Å². The van der Waals surface area contributed by atoms with Gasteiger partial charge in [0.05, 0.1) is 11.8 Å². The van der Waals surface area contributed by atoms with E-state index in [0.29, 0.717) is 11.3 Å². The molecule has 6 heteroatoms. The van der Waals surface area contributed by atoms with Crippen molar-refractivity contribution in [1.29, 1.82) is 0 Å². The Bertz CT molecular complexity index is 674. The van der Waals surface area contributed by atoms with Gasteiger partial charge in [-0.25, -0.2) is 14.6 Å². The van der Waals surface area contributed by atoms with Crippen LogP contribution in [-0.4, -0.2) is 27.1 Å². The Morgan fingerprint density at radius 1 is 1.30 bits per heavy atom. The predicted octanol–water partition coefficient (Wildman–Crippen LogP) is 1.92. The van der Waals surface area contributed by atoms with Gasteiger partial charge in [0.2, 0.25) is 0 Å². The first kappa shape index (κ1) is 13.8. The monoisotopic (exact) mass is 274 g/mol. The van der Waals surface area contributed by atoms with Crippen LogP contribution in [0.5, 0.6) is 5.75 Å². The standard InChI is InChI=1S/C14H14N2O4/c1-8(2)20-10-5-3-9(4-6-10)12-11(13(17)18)7-15-14(19)16-12/h3-8H,1-2H3,(H,17,18)(H,15,16,19). The highest BCUT2D eigenvalue weighted by atomic mass is 16.5. The molecular formula is C14H14N2O4. The van der Waals surface area contributed by atoms with Gasteiger partial charge in [0.1, 0.15) is 11.3 Å². The summed E-state index contributed by atoms with van der Waals surface area (Å²) in [6, 6.07) is 6.82. The molecule has 0 aliphatic rings. The Morgan fingerprint density at radius 3 is 2.50 bits per heavy atom. The predicted molar refractivity (Wildman–Crippen MR) is 73.0 cm³/mol. The largest absolute Gasteiger partial charge is 0.491 e. The second-order valence-electron chi connectivity index (χ2n) is 4.47. The molecule has 0 spiro atoms. The lowest BCUT2D eigenvalue weighted by molar-refractivity contribution is 0.0697. The Labute approximate surface area is 115 Å². The Morgan fingerprint density at radius 2 is 1.95 bits per heavy atom.